The molecule has 0 aromatic heterocycles. The number of rotatable bonds is 4. The summed E-state index contributed by atoms with van der Waals surface area (Å²) in [6.07, 6.45) is 2.58. The van der Waals surface area contributed by atoms with Crippen molar-refractivity contribution in [2.75, 3.05) is 13.1 Å². The zero-order valence-corrected chi connectivity index (χ0v) is 11.4. The number of carboxylic acids is 1. The van der Waals surface area contributed by atoms with Gasteiger partial charge in [0, 0.05) is 6.54 Å². The van der Waals surface area contributed by atoms with Crippen molar-refractivity contribution >= 4 is 5.97 Å². The third-order valence-corrected chi connectivity index (χ3v) is 3.62. The Morgan fingerprint density at radius 2 is 2.06 bits per heavy atom. The minimum atomic E-state index is -0.745. The van der Waals surface area contributed by atoms with Gasteiger partial charge in [-0.3, -0.25) is 9.69 Å². The molecule has 0 spiro atoms. The van der Waals surface area contributed by atoms with Crippen molar-refractivity contribution in [3.05, 3.63) is 0 Å². The minimum Gasteiger partial charge on any atom is -0.480 e. The maximum atomic E-state index is 11.4. The van der Waals surface area contributed by atoms with Crippen molar-refractivity contribution in [3.8, 4) is 0 Å². The lowest BCUT2D eigenvalue weighted by atomic mass is 9.76. The van der Waals surface area contributed by atoms with Gasteiger partial charge in [0.1, 0.15) is 6.04 Å². The molecule has 1 rings (SSSR count). The molecule has 0 aromatic rings. The predicted octanol–water partition coefficient (Wildman–Crippen LogP) is 1.72. The Bertz CT molecular complexity index is 281. The van der Waals surface area contributed by atoms with Gasteiger partial charge in [0.2, 0.25) is 0 Å². The maximum absolute atomic E-state index is 11.4. The van der Waals surface area contributed by atoms with E-state index in [1.807, 2.05) is 18.7 Å². The summed E-state index contributed by atoms with van der Waals surface area (Å²) in [5.74, 6) is -0.745. The van der Waals surface area contributed by atoms with Crippen LogP contribution in [0.5, 0.6) is 0 Å². The molecular formula is C13H25NO3. The van der Waals surface area contributed by atoms with Gasteiger partial charge >= 0.3 is 5.97 Å². The Morgan fingerprint density at radius 1 is 1.47 bits per heavy atom. The van der Waals surface area contributed by atoms with Crippen LogP contribution in [0.25, 0.3) is 0 Å². The molecule has 1 aliphatic rings. The van der Waals surface area contributed by atoms with E-state index in [-0.39, 0.29) is 5.41 Å². The van der Waals surface area contributed by atoms with Gasteiger partial charge in [-0.25, -0.2) is 0 Å². The Kier molecular flexibility index (Phi) is 4.20. The molecule has 1 aliphatic heterocycles. The fourth-order valence-electron chi connectivity index (χ4n) is 2.65. The first kappa shape index (κ1) is 14.5. The van der Waals surface area contributed by atoms with Gasteiger partial charge in [0.05, 0.1) is 5.60 Å². The van der Waals surface area contributed by atoms with Gasteiger partial charge in [-0.05, 0) is 45.1 Å². The lowest BCUT2D eigenvalue weighted by molar-refractivity contribution is -0.151. The summed E-state index contributed by atoms with van der Waals surface area (Å²) in [5, 5.41) is 19.1. The van der Waals surface area contributed by atoms with Crippen LogP contribution in [0.3, 0.4) is 0 Å². The molecular weight excluding hydrogens is 218 g/mol. The van der Waals surface area contributed by atoms with Crippen LogP contribution in [-0.4, -0.2) is 45.8 Å². The summed E-state index contributed by atoms with van der Waals surface area (Å²) in [4.78, 5) is 13.4. The number of carboxylic acid groups (broad SMARTS) is 1. The number of hydrogen-bond donors (Lipinski definition) is 2. The number of aliphatic carboxylic acids is 1. The highest BCUT2D eigenvalue weighted by atomic mass is 16.4. The maximum Gasteiger partial charge on any atom is 0.321 e. The van der Waals surface area contributed by atoms with E-state index in [0.717, 1.165) is 19.4 Å². The standard InChI is InChI=1S/C13H25NO3/c1-12(2)6-5-8-14(10(12)11(15)16)9-7-13(3,4)17/h10,17H,5-9H2,1-4H3,(H,15,16). The molecule has 4 nitrogen and oxygen atoms in total. The molecule has 0 bridgehead atoms. The summed E-state index contributed by atoms with van der Waals surface area (Å²) >= 11 is 0. The van der Waals surface area contributed by atoms with E-state index in [1.54, 1.807) is 13.8 Å². The molecule has 1 atom stereocenters. The number of carbonyl (C=O) groups is 1. The minimum absolute atomic E-state index is 0.191. The van der Waals surface area contributed by atoms with Crippen LogP contribution in [-0.2, 0) is 4.79 Å². The van der Waals surface area contributed by atoms with Crippen LogP contribution in [0, 0.1) is 5.41 Å². The second kappa shape index (κ2) is 4.94. The van der Waals surface area contributed by atoms with E-state index in [9.17, 15) is 15.0 Å². The zero-order chi connectivity index (χ0) is 13.3. The average molecular weight is 243 g/mol. The SMILES string of the molecule is CC(C)(O)CCN1CCCC(C)(C)C1C(=O)O. The smallest absolute Gasteiger partial charge is 0.321 e. The van der Waals surface area contributed by atoms with Crippen LogP contribution < -0.4 is 0 Å². The van der Waals surface area contributed by atoms with Crippen LogP contribution in [0.1, 0.15) is 47.0 Å². The van der Waals surface area contributed by atoms with Gasteiger partial charge in [-0.15, -0.1) is 0 Å². The van der Waals surface area contributed by atoms with E-state index in [2.05, 4.69) is 0 Å². The van der Waals surface area contributed by atoms with E-state index in [1.165, 1.54) is 0 Å². The average Bonchev–Trinajstić information content (AvgIpc) is 2.11. The lowest BCUT2D eigenvalue weighted by Crippen LogP contribution is -2.55. The largest absolute Gasteiger partial charge is 0.480 e. The molecule has 1 unspecified atom stereocenters. The number of aliphatic hydroxyl groups is 1. The zero-order valence-electron chi connectivity index (χ0n) is 11.4. The monoisotopic (exact) mass is 243 g/mol. The molecule has 17 heavy (non-hydrogen) atoms. The Hall–Kier alpha value is -0.610. The van der Waals surface area contributed by atoms with Crippen molar-refractivity contribution < 1.29 is 15.0 Å². The molecule has 0 radical (unpaired) electrons. The Labute approximate surface area is 104 Å². The normalized spacial score (nSPS) is 25.8. The third kappa shape index (κ3) is 3.96. The Morgan fingerprint density at radius 3 is 2.53 bits per heavy atom. The quantitative estimate of drug-likeness (QED) is 0.789. The molecule has 0 saturated carbocycles. The molecule has 4 heteroatoms. The summed E-state index contributed by atoms with van der Waals surface area (Å²) in [6, 6.07) is -0.432. The van der Waals surface area contributed by atoms with E-state index < -0.39 is 17.6 Å². The van der Waals surface area contributed by atoms with Crippen LogP contribution in [0.4, 0.5) is 0 Å². The molecule has 0 aromatic carbocycles. The van der Waals surface area contributed by atoms with Crippen molar-refractivity contribution in [2.45, 2.75) is 58.6 Å². The highest BCUT2D eigenvalue weighted by Gasteiger charge is 2.42. The van der Waals surface area contributed by atoms with Crippen LogP contribution in [0.15, 0.2) is 0 Å². The fraction of sp³-hybridized carbons (Fsp3) is 0.923. The molecule has 100 valence electrons. The van der Waals surface area contributed by atoms with Gasteiger partial charge in [-0.1, -0.05) is 13.8 Å². The fourth-order valence-corrected chi connectivity index (χ4v) is 2.65. The van der Waals surface area contributed by atoms with Crippen molar-refractivity contribution in [1.29, 1.82) is 0 Å². The first-order chi connectivity index (χ1) is 7.63. The van der Waals surface area contributed by atoms with E-state index in [0.29, 0.717) is 13.0 Å². The summed E-state index contributed by atoms with van der Waals surface area (Å²) < 4.78 is 0. The van der Waals surface area contributed by atoms with Crippen molar-refractivity contribution in [3.63, 3.8) is 0 Å². The summed E-state index contributed by atoms with van der Waals surface area (Å²) in [5.41, 5.74) is -0.922. The third-order valence-electron chi connectivity index (χ3n) is 3.62. The van der Waals surface area contributed by atoms with E-state index in [4.69, 9.17) is 0 Å². The van der Waals surface area contributed by atoms with E-state index >= 15 is 0 Å². The number of likely N-dealkylation sites (tertiary alicyclic amines) is 1. The van der Waals surface area contributed by atoms with Gasteiger partial charge in [-0.2, -0.15) is 0 Å². The first-order valence-corrected chi connectivity index (χ1v) is 6.33. The highest BCUT2D eigenvalue weighted by molar-refractivity contribution is 5.74. The molecule has 2 N–H and O–H groups in total. The first-order valence-electron chi connectivity index (χ1n) is 6.33. The number of nitrogens with zero attached hydrogens (tertiary/aromatic N) is 1. The topological polar surface area (TPSA) is 60.8 Å². The van der Waals surface area contributed by atoms with Gasteiger partial charge < -0.3 is 10.2 Å². The van der Waals surface area contributed by atoms with Gasteiger partial charge in [0.25, 0.3) is 0 Å². The molecule has 0 aliphatic carbocycles. The number of hydrogen-bond acceptors (Lipinski definition) is 3. The van der Waals surface area contributed by atoms with Crippen molar-refractivity contribution in [1.82, 2.24) is 4.90 Å². The van der Waals surface area contributed by atoms with Crippen LogP contribution in [0.2, 0.25) is 0 Å². The molecule has 1 saturated heterocycles. The van der Waals surface area contributed by atoms with Crippen molar-refractivity contribution in [2.24, 2.45) is 5.41 Å². The number of piperidine rings is 1. The summed E-state index contributed by atoms with van der Waals surface area (Å²) in [6.45, 7) is 9.01. The van der Waals surface area contributed by atoms with Crippen LogP contribution >= 0.6 is 0 Å². The Balaban J connectivity index is 2.72. The molecule has 1 heterocycles. The summed E-state index contributed by atoms with van der Waals surface area (Å²) in [7, 11) is 0. The molecule has 0 amide bonds. The second-order valence-corrected chi connectivity index (χ2v) is 6.43. The lowest BCUT2D eigenvalue weighted by Gasteiger charge is -2.44. The van der Waals surface area contributed by atoms with Gasteiger partial charge in [0.15, 0.2) is 0 Å². The molecule has 1 fully saturated rings. The predicted molar refractivity (Wildman–Crippen MR) is 66.9 cm³/mol. The highest BCUT2D eigenvalue weighted by Crippen LogP contribution is 2.35. The second-order valence-electron chi connectivity index (χ2n) is 6.43.